The van der Waals surface area contributed by atoms with Gasteiger partial charge in [0.1, 0.15) is 18.1 Å². The molecule has 0 aliphatic carbocycles. The quantitative estimate of drug-likeness (QED) is 0.876. The summed E-state index contributed by atoms with van der Waals surface area (Å²) in [5.74, 6) is 1.63. The molecule has 2 rings (SSSR count). The van der Waals surface area contributed by atoms with Crippen LogP contribution in [0.25, 0.3) is 0 Å². The average molecular weight is 337 g/mol. The van der Waals surface area contributed by atoms with Crippen LogP contribution in [-0.4, -0.2) is 18.8 Å². The summed E-state index contributed by atoms with van der Waals surface area (Å²) in [6.45, 7) is 0.669. The Morgan fingerprint density at radius 2 is 1.75 bits per heavy atom. The number of aliphatic hydroxyl groups is 1. The van der Waals surface area contributed by atoms with Crippen LogP contribution in [-0.2, 0) is 13.0 Å². The van der Waals surface area contributed by atoms with E-state index in [1.165, 1.54) is 0 Å². The van der Waals surface area contributed by atoms with Crippen molar-refractivity contribution in [2.24, 2.45) is 0 Å². The zero-order chi connectivity index (χ0) is 14.4. The van der Waals surface area contributed by atoms with Crippen LogP contribution < -0.4 is 9.47 Å². The molecule has 20 heavy (non-hydrogen) atoms. The molecule has 2 aromatic rings. The highest BCUT2D eigenvalue weighted by Crippen LogP contribution is 2.26. The summed E-state index contributed by atoms with van der Waals surface area (Å²) in [7, 11) is 1.64. The smallest absolute Gasteiger partial charge is 0.133 e. The van der Waals surface area contributed by atoms with E-state index in [0.29, 0.717) is 13.0 Å². The van der Waals surface area contributed by atoms with Gasteiger partial charge in [-0.05, 0) is 57.7 Å². The molecule has 0 aliphatic heterocycles. The van der Waals surface area contributed by atoms with Crippen molar-refractivity contribution in [1.82, 2.24) is 0 Å². The molecule has 0 fully saturated rings. The van der Waals surface area contributed by atoms with Crippen LogP contribution in [0, 0.1) is 0 Å². The van der Waals surface area contributed by atoms with E-state index in [9.17, 15) is 0 Å². The first kappa shape index (κ1) is 14.9. The molecule has 0 heterocycles. The Hall–Kier alpha value is -1.52. The lowest BCUT2D eigenvalue weighted by molar-refractivity contribution is 0.298. The molecule has 0 radical (unpaired) electrons. The summed E-state index contributed by atoms with van der Waals surface area (Å²) < 4.78 is 11.8. The highest BCUT2D eigenvalue weighted by Gasteiger charge is 2.02. The summed E-state index contributed by atoms with van der Waals surface area (Å²) >= 11 is 3.46. The van der Waals surface area contributed by atoms with Gasteiger partial charge in [-0.15, -0.1) is 0 Å². The number of rotatable bonds is 6. The van der Waals surface area contributed by atoms with Crippen molar-refractivity contribution in [2.75, 3.05) is 13.7 Å². The van der Waals surface area contributed by atoms with Gasteiger partial charge in [-0.2, -0.15) is 0 Å². The lowest BCUT2D eigenvalue weighted by atomic mass is 10.1. The monoisotopic (exact) mass is 336 g/mol. The third-order valence-electron chi connectivity index (χ3n) is 2.95. The molecule has 0 aromatic heterocycles. The summed E-state index contributed by atoms with van der Waals surface area (Å²) in [5.41, 5.74) is 2.17. The Labute approximate surface area is 127 Å². The Bertz CT molecular complexity index is 552. The van der Waals surface area contributed by atoms with Gasteiger partial charge in [-0.3, -0.25) is 0 Å². The summed E-state index contributed by atoms with van der Waals surface area (Å²) in [5, 5.41) is 8.86. The number of benzene rings is 2. The van der Waals surface area contributed by atoms with E-state index in [2.05, 4.69) is 15.9 Å². The standard InChI is InChI=1S/C16H17BrO3/c1-19-16-7-4-13(10-15(16)17)11-20-14-5-2-12(3-6-14)8-9-18/h2-7,10,18H,8-9,11H2,1H3. The fourth-order valence-corrected chi connectivity index (χ4v) is 2.44. The van der Waals surface area contributed by atoms with Crippen molar-refractivity contribution >= 4 is 15.9 Å². The van der Waals surface area contributed by atoms with Crippen molar-refractivity contribution in [3.05, 3.63) is 58.1 Å². The molecule has 0 spiro atoms. The fraction of sp³-hybridized carbons (Fsp3) is 0.250. The van der Waals surface area contributed by atoms with Crippen molar-refractivity contribution in [1.29, 1.82) is 0 Å². The molecule has 1 N–H and O–H groups in total. The predicted molar refractivity (Wildman–Crippen MR) is 82.3 cm³/mol. The minimum atomic E-state index is 0.167. The molecule has 0 saturated carbocycles. The molecule has 0 unspecified atom stereocenters. The molecular weight excluding hydrogens is 320 g/mol. The van der Waals surface area contributed by atoms with Gasteiger partial charge in [0, 0.05) is 6.61 Å². The van der Waals surface area contributed by atoms with E-state index in [1.807, 2.05) is 42.5 Å². The van der Waals surface area contributed by atoms with Crippen LogP contribution in [0.1, 0.15) is 11.1 Å². The van der Waals surface area contributed by atoms with Crippen molar-refractivity contribution in [3.8, 4) is 11.5 Å². The molecule has 0 aliphatic rings. The van der Waals surface area contributed by atoms with Gasteiger partial charge in [0.25, 0.3) is 0 Å². The molecular formula is C16H17BrO3. The second-order valence-corrected chi connectivity index (χ2v) is 5.23. The lowest BCUT2D eigenvalue weighted by Gasteiger charge is -2.09. The lowest BCUT2D eigenvalue weighted by Crippen LogP contribution is -1.97. The van der Waals surface area contributed by atoms with Gasteiger partial charge in [0.05, 0.1) is 11.6 Å². The van der Waals surface area contributed by atoms with Gasteiger partial charge in [0.15, 0.2) is 0 Å². The van der Waals surface area contributed by atoms with E-state index in [-0.39, 0.29) is 6.61 Å². The SMILES string of the molecule is COc1ccc(COc2ccc(CCO)cc2)cc1Br. The van der Waals surface area contributed by atoms with E-state index < -0.39 is 0 Å². The van der Waals surface area contributed by atoms with Gasteiger partial charge >= 0.3 is 0 Å². The number of hydrogen-bond acceptors (Lipinski definition) is 3. The van der Waals surface area contributed by atoms with Crippen LogP contribution in [0.2, 0.25) is 0 Å². The Morgan fingerprint density at radius 3 is 2.35 bits per heavy atom. The van der Waals surface area contributed by atoms with Crippen LogP contribution in [0.4, 0.5) is 0 Å². The van der Waals surface area contributed by atoms with Crippen LogP contribution in [0.5, 0.6) is 11.5 Å². The Balaban J connectivity index is 1.96. The maximum Gasteiger partial charge on any atom is 0.133 e. The van der Waals surface area contributed by atoms with Gasteiger partial charge in [0.2, 0.25) is 0 Å². The number of hydrogen-bond donors (Lipinski definition) is 1. The molecule has 4 heteroatoms. The zero-order valence-corrected chi connectivity index (χ0v) is 12.9. The molecule has 106 valence electrons. The Morgan fingerprint density at radius 1 is 1.05 bits per heavy atom. The second kappa shape index (κ2) is 7.31. The van der Waals surface area contributed by atoms with E-state index in [4.69, 9.17) is 14.6 Å². The molecule has 3 nitrogen and oxygen atoms in total. The normalized spacial score (nSPS) is 10.3. The number of aliphatic hydroxyl groups excluding tert-OH is 1. The molecule has 0 amide bonds. The van der Waals surface area contributed by atoms with E-state index in [0.717, 1.165) is 27.1 Å². The predicted octanol–water partition coefficient (Wildman–Crippen LogP) is 3.57. The number of ether oxygens (including phenoxy) is 2. The largest absolute Gasteiger partial charge is 0.496 e. The molecule has 0 bridgehead atoms. The maximum absolute atomic E-state index is 8.86. The van der Waals surface area contributed by atoms with E-state index >= 15 is 0 Å². The van der Waals surface area contributed by atoms with Crippen molar-refractivity contribution in [2.45, 2.75) is 13.0 Å². The number of halogens is 1. The molecule has 2 aromatic carbocycles. The summed E-state index contributed by atoms with van der Waals surface area (Å²) in [6.07, 6.45) is 0.672. The van der Waals surface area contributed by atoms with Crippen LogP contribution in [0.15, 0.2) is 46.9 Å². The third kappa shape index (κ3) is 3.99. The maximum atomic E-state index is 8.86. The van der Waals surface area contributed by atoms with Gasteiger partial charge < -0.3 is 14.6 Å². The summed E-state index contributed by atoms with van der Waals surface area (Å²) in [6, 6.07) is 13.6. The minimum absolute atomic E-state index is 0.167. The first-order chi connectivity index (χ1) is 9.72. The summed E-state index contributed by atoms with van der Waals surface area (Å²) in [4.78, 5) is 0. The van der Waals surface area contributed by atoms with Crippen molar-refractivity contribution in [3.63, 3.8) is 0 Å². The topological polar surface area (TPSA) is 38.7 Å². The minimum Gasteiger partial charge on any atom is -0.496 e. The van der Waals surface area contributed by atoms with Crippen LogP contribution >= 0.6 is 15.9 Å². The Kier molecular flexibility index (Phi) is 5.44. The van der Waals surface area contributed by atoms with Gasteiger partial charge in [-0.25, -0.2) is 0 Å². The highest BCUT2D eigenvalue weighted by atomic mass is 79.9. The first-order valence-corrected chi connectivity index (χ1v) is 7.17. The zero-order valence-electron chi connectivity index (χ0n) is 11.3. The third-order valence-corrected chi connectivity index (χ3v) is 3.57. The average Bonchev–Trinajstić information content (AvgIpc) is 2.47. The molecule has 0 atom stereocenters. The second-order valence-electron chi connectivity index (χ2n) is 4.38. The number of methoxy groups -OCH3 is 1. The van der Waals surface area contributed by atoms with Crippen molar-refractivity contribution < 1.29 is 14.6 Å². The highest BCUT2D eigenvalue weighted by molar-refractivity contribution is 9.10. The van der Waals surface area contributed by atoms with E-state index in [1.54, 1.807) is 7.11 Å². The first-order valence-electron chi connectivity index (χ1n) is 6.38. The molecule has 0 saturated heterocycles. The van der Waals surface area contributed by atoms with Gasteiger partial charge in [-0.1, -0.05) is 18.2 Å². The fourth-order valence-electron chi connectivity index (χ4n) is 1.85. The van der Waals surface area contributed by atoms with Crippen LogP contribution in [0.3, 0.4) is 0 Å².